The molecule has 0 fully saturated rings. The van der Waals surface area contributed by atoms with Crippen LogP contribution in [0.3, 0.4) is 0 Å². The van der Waals surface area contributed by atoms with Gasteiger partial charge in [0, 0.05) is 5.39 Å². The first-order chi connectivity index (χ1) is 15.3. The van der Waals surface area contributed by atoms with Crippen molar-refractivity contribution < 1.29 is 0 Å². The summed E-state index contributed by atoms with van der Waals surface area (Å²) in [5.74, 6) is 0. The number of nitrogens with two attached hydrogens (primary N) is 1. The van der Waals surface area contributed by atoms with E-state index in [-0.39, 0.29) is 0 Å². The number of nitrogens with zero attached hydrogens (tertiary/aromatic N) is 1. The number of benzene rings is 6. The van der Waals surface area contributed by atoms with E-state index in [9.17, 15) is 5.26 Å². The van der Waals surface area contributed by atoms with Gasteiger partial charge in [-0.2, -0.15) is 5.26 Å². The van der Waals surface area contributed by atoms with Crippen LogP contribution in [0.15, 0.2) is 97.1 Å². The van der Waals surface area contributed by atoms with Gasteiger partial charge in [-0.25, -0.2) is 0 Å². The predicted molar refractivity (Wildman–Crippen MR) is 131 cm³/mol. The van der Waals surface area contributed by atoms with E-state index in [2.05, 4.69) is 78.9 Å². The zero-order valence-corrected chi connectivity index (χ0v) is 16.8. The van der Waals surface area contributed by atoms with E-state index >= 15 is 0 Å². The van der Waals surface area contributed by atoms with Crippen molar-refractivity contribution in [2.45, 2.75) is 0 Å². The van der Waals surface area contributed by atoms with Gasteiger partial charge in [-0.05, 0) is 61.0 Å². The van der Waals surface area contributed by atoms with Crippen molar-refractivity contribution in [2.24, 2.45) is 0 Å². The fourth-order valence-electron chi connectivity index (χ4n) is 4.80. The Morgan fingerprint density at radius 3 is 1.58 bits per heavy atom. The summed E-state index contributed by atoms with van der Waals surface area (Å²) in [6.45, 7) is 0. The number of hydrogen-bond donors (Lipinski definition) is 1. The third-order valence-electron chi connectivity index (χ3n) is 6.26. The molecule has 144 valence electrons. The second-order valence-corrected chi connectivity index (χ2v) is 7.89. The molecule has 0 aliphatic rings. The molecule has 2 heteroatoms. The van der Waals surface area contributed by atoms with Gasteiger partial charge in [0.15, 0.2) is 0 Å². The van der Waals surface area contributed by atoms with Crippen molar-refractivity contribution in [3.05, 3.63) is 103 Å². The van der Waals surface area contributed by atoms with E-state index in [0.717, 1.165) is 21.9 Å². The molecule has 0 amide bonds. The summed E-state index contributed by atoms with van der Waals surface area (Å²) in [5, 5.41) is 19.1. The number of rotatable bonds is 1. The predicted octanol–water partition coefficient (Wildman–Crippen LogP) is 7.42. The Labute approximate surface area is 179 Å². The lowest BCUT2D eigenvalue weighted by molar-refractivity contribution is 1.49. The lowest BCUT2D eigenvalue weighted by atomic mass is 9.90. The first-order valence-electron chi connectivity index (χ1n) is 10.3. The molecule has 0 unspecified atom stereocenters. The van der Waals surface area contributed by atoms with E-state index in [1.165, 1.54) is 32.3 Å². The molecule has 2 N–H and O–H groups in total. The monoisotopic (exact) mass is 394 g/mol. The largest absolute Gasteiger partial charge is 0.397 e. The summed E-state index contributed by atoms with van der Waals surface area (Å²) in [7, 11) is 0. The smallest absolute Gasteiger partial charge is 0.101 e. The molecule has 6 rings (SSSR count). The topological polar surface area (TPSA) is 49.8 Å². The van der Waals surface area contributed by atoms with Crippen LogP contribution >= 0.6 is 0 Å². The van der Waals surface area contributed by atoms with Crippen LogP contribution in [0.2, 0.25) is 0 Å². The Balaban J connectivity index is 1.76. The minimum Gasteiger partial charge on any atom is -0.397 e. The fraction of sp³-hybridized carbons (Fsp3) is 0. The highest BCUT2D eigenvalue weighted by Gasteiger charge is 2.13. The Bertz CT molecular complexity index is 1670. The molecule has 31 heavy (non-hydrogen) atoms. The number of nitrogen functional groups attached to an aromatic ring is 1. The molecule has 0 saturated heterocycles. The third-order valence-corrected chi connectivity index (χ3v) is 6.26. The van der Waals surface area contributed by atoms with Crippen LogP contribution in [0.25, 0.3) is 54.2 Å². The van der Waals surface area contributed by atoms with Gasteiger partial charge in [0.1, 0.15) is 6.07 Å². The quantitative estimate of drug-likeness (QED) is 0.233. The number of fused-ring (bicyclic) bond motifs is 7. The van der Waals surface area contributed by atoms with Gasteiger partial charge in [0.25, 0.3) is 0 Å². The van der Waals surface area contributed by atoms with E-state index < -0.39 is 0 Å². The van der Waals surface area contributed by atoms with Gasteiger partial charge >= 0.3 is 0 Å². The SMILES string of the molecule is N#Cc1cc(-c2ccc3c4ccccc4c4ccccc4c3c2)c2ccccc2c1N. The highest BCUT2D eigenvalue weighted by molar-refractivity contribution is 6.26. The van der Waals surface area contributed by atoms with Gasteiger partial charge in [-0.3, -0.25) is 0 Å². The van der Waals surface area contributed by atoms with Crippen molar-refractivity contribution in [3.63, 3.8) is 0 Å². The molecule has 0 heterocycles. The zero-order chi connectivity index (χ0) is 20.9. The zero-order valence-electron chi connectivity index (χ0n) is 16.8. The first-order valence-corrected chi connectivity index (χ1v) is 10.3. The van der Waals surface area contributed by atoms with Crippen LogP contribution in [0, 0.1) is 11.3 Å². The van der Waals surface area contributed by atoms with Crippen molar-refractivity contribution >= 4 is 48.8 Å². The van der Waals surface area contributed by atoms with Crippen molar-refractivity contribution in [3.8, 4) is 17.2 Å². The summed E-state index contributed by atoms with van der Waals surface area (Å²) < 4.78 is 0. The van der Waals surface area contributed by atoms with Crippen LogP contribution < -0.4 is 5.73 Å². The molecule has 0 aliphatic carbocycles. The van der Waals surface area contributed by atoms with Crippen LogP contribution in [-0.2, 0) is 0 Å². The maximum atomic E-state index is 9.65. The van der Waals surface area contributed by atoms with Crippen molar-refractivity contribution in [1.82, 2.24) is 0 Å². The minimum atomic E-state index is 0.511. The maximum absolute atomic E-state index is 9.65. The highest BCUT2D eigenvalue weighted by atomic mass is 14.6. The van der Waals surface area contributed by atoms with E-state index in [4.69, 9.17) is 5.73 Å². The standard InChI is InChI=1S/C29H18N2/c30-17-19-16-27(24-11-5-6-12-26(24)29(19)31)18-13-14-25-22-9-2-1-7-20(22)21-8-3-4-10-23(21)28(25)15-18/h1-16H,31H2. The maximum Gasteiger partial charge on any atom is 0.101 e. The van der Waals surface area contributed by atoms with Gasteiger partial charge < -0.3 is 5.73 Å². The molecule has 0 spiro atoms. The summed E-state index contributed by atoms with van der Waals surface area (Å²) in [5.41, 5.74) is 9.45. The molecule has 0 aliphatic heterocycles. The molecular weight excluding hydrogens is 376 g/mol. The Kier molecular flexibility index (Phi) is 3.72. The Morgan fingerprint density at radius 2 is 1.00 bits per heavy atom. The fourth-order valence-corrected chi connectivity index (χ4v) is 4.80. The molecule has 0 radical (unpaired) electrons. The number of anilines is 1. The van der Waals surface area contributed by atoms with E-state index in [1.807, 2.05) is 24.3 Å². The first kappa shape index (κ1) is 17.5. The normalized spacial score (nSPS) is 11.3. The van der Waals surface area contributed by atoms with E-state index in [1.54, 1.807) is 0 Å². The second kappa shape index (κ2) is 6.58. The Hall–Kier alpha value is -4.35. The molecule has 0 bridgehead atoms. The number of nitriles is 1. The van der Waals surface area contributed by atoms with Gasteiger partial charge in [0.2, 0.25) is 0 Å². The summed E-state index contributed by atoms with van der Waals surface area (Å²) >= 11 is 0. The van der Waals surface area contributed by atoms with Crippen LogP contribution in [-0.4, -0.2) is 0 Å². The van der Waals surface area contributed by atoms with Gasteiger partial charge in [-0.15, -0.1) is 0 Å². The summed E-state index contributed by atoms with van der Waals surface area (Å²) in [6.07, 6.45) is 0. The van der Waals surface area contributed by atoms with Crippen LogP contribution in [0.5, 0.6) is 0 Å². The van der Waals surface area contributed by atoms with E-state index in [0.29, 0.717) is 11.3 Å². The molecular formula is C29H18N2. The molecule has 0 aromatic heterocycles. The van der Waals surface area contributed by atoms with Gasteiger partial charge in [-0.1, -0.05) is 84.9 Å². The van der Waals surface area contributed by atoms with Gasteiger partial charge in [0.05, 0.1) is 11.3 Å². The molecule has 6 aromatic carbocycles. The minimum absolute atomic E-state index is 0.511. The van der Waals surface area contributed by atoms with Crippen molar-refractivity contribution in [1.29, 1.82) is 5.26 Å². The van der Waals surface area contributed by atoms with Crippen LogP contribution in [0.1, 0.15) is 5.56 Å². The second-order valence-electron chi connectivity index (χ2n) is 7.89. The molecule has 2 nitrogen and oxygen atoms in total. The van der Waals surface area contributed by atoms with Crippen molar-refractivity contribution in [2.75, 3.05) is 5.73 Å². The lowest BCUT2D eigenvalue weighted by Gasteiger charge is -2.14. The summed E-state index contributed by atoms with van der Waals surface area (Å²) in [4.78, 5) is 0. The highest BCUT2D eigenvalue weighted by Crippen LogP contribution is 2.39. The molecule has 0 atom stereocenters. The summed E-state index contributed by atoms with van der Waals surface area (Å²) in [6, 6.07) is 36.0. The average molecular weight is 394 g/mol. The lowest BCUT2D eigenvalue weighted by Crippen LogP contribution is -1.94. The molecule has 0 saturated carbocycles. The van der Waals surface area contributed by atoms with Crippen LogP contribution in [0.4, 0.5) is 5.69 Å². The third kappa shape index (κ3) is 2.51. The molecule has 6 aromatic rings. The average Bonchev–Trinajstić information content (AvgIpc) is 2.84. The number of hydrogen-bond acceptors (Lipinski definition) is 2. The Morgan fingerprint density at radius 1 is 0.516 bits per heavy atom.